The van der Waals surface area contributed by atoms with E-state index in [0.29, 0.717) is 5.56 Å². The Kier molecular flexibility index (Phi) is 3.27. The van der Waals surface area contributed by atoms with Gasteiger partial charge in [-0.25, -0.2) is 9.18 Å². The van der Waals surface area contributed by atoms with Gasteiger partial charge in [0.05, 0.1) is 6.61 Å². The summed E-state index contributed by atoms with van der Waals surface area (Å²) in [5.74, 6) is -1.88. The fraction of sp³-hybridized carbons (Fsp3) is 0.167. The van der Waals surface area contributed by atoms with Crippen molar-refractivity contribution in [3.63, 3.8) is 0 Å². The van der Waals surface area contributed by atoms with Crippen molar-refractivity contribution in [2.24, 2.45) is 0 Å². The predicted molar refractivity (Wildman–Crippen MR) is 60.0 cm³/mol. The van der Waals surface area contributed by atoms with Crippen molar-refractivity contribution >= 4 is 5.97 Å². The van der Waals surface area contributed by atoms with Crippen LogP contribution in [0.25, 0.3) is 11.5 Å². The average Bonchev–Trinajstić information content (AvgIpc) is 2.74. The number of nitrogens with zero attached hydrogens (tertiary/aromatic N) is 1. The van der Waals surface area contributed by atoms with E-state index in [1.807, 2.05) is 0 Å². The number of aromatic nitrogens is 1. The highest BCUT2D eigenvalue weighted by Gasteiger charge is 2.21. The molecule has 6 heteroatoms. The third kappa shape index (κ3) is 2.32. The van der Waals surface area contributed by atoms with E-state index in [9.17, 15) is 9.18 Å². The molecule has 5 nitrogen and oxygen atoms in total. The number of carboxylic acid groups (broad SMARTS) is 1. The fourth-order valence-corrected chi connectivity index (χ4v) is 1.42. The van der Waals surface area contributed by atoms with Crippen LogP contribution in [-0.2, 0) is 0 Å². The van der Waals surface area contributed by atoms with Gasteiger partial charge in [0, 0.05) is 5.56 Å². The van der Waals surface area contributed by atoms with Crippen LogP contribution in [0.2, 0.25) is 0 Å². The molecule has 1 N–H and O–H groups in total. The summed E-state index contributed by atoms with van der Waals surface area (Å²) in [4.78, 5) is 14.7. The highest BCUT2D eigenvalue weighted by molar-refractivity contribution is 5.88. The maximum atomic E-state index is 13.0. The maximum absolute atomic E-state index is 13.0. The lowest BCUT2D eigenvalue weighted by Crippen LogP contribution is -2.01. The number of carboxylic acids is 1. The van der Waals surface area contributed by atoms with Crippen LogP contribution in [0.5, 0.6) is 5.95 Å². The average molecular weight is 251 g/mol. The third-order valence-electron chi connectivity index (χ3n) is 2.15. The van der Waals surface area contributed by atoms with Crippen LogP contribution in [0.4, 0.5) is 4.39 Å². The fourth-order valence-electron chi connectivity index (χ4n) is 1.42. The van der Waals surface area contributed by atoms with E-state index < -0.39 is 11.8 Å². The molecular formula is C12H10FNO4. The molecule has 0 spiro atoms. The predicted octanol–water partition coefficient (Wildman–Crippen LogP) is 2.58. The Balaban J connectivity index is 2.46. The summed E-state index contributed by atoms with van der Waals surface area (Å²) in [5, 5.41) is 8.93. The van der Waals surface area contributed by atoms with Crippen LogP contribution >= 0.6 is 0 Å². The second-order valence-electron chi connectivity index (χ2n) is 3.40. The van der Waals surface area contributed by atoms with Gasteiger partial charge in [-0.1, -0.05) is 6.07 Å². The van der Waals surface area contributed by atoms with Gasteiger partial charge in [-0.15, -0.1) is 0 Å². The Hall–Kier alpha value is -2.37. The molecule has 1 aromatic carbocycles. The summed E-state index contributed by atoms with van der Waals surface area (Å²) in [6, 6.07) is 5.52. The van der Waals surface area contributed by atoms with Crippen LogP contribution in [-0.4, -0.2) is 22.7 Å². The Morgan fingerprint density at radius 1 is 1.56 bits per heavy atom. The third-order valence-corrected chi connectivity index (χ3v) is 2.15. The summed E-state index contributed by atoms with van der Waals surface area (Å²) in [6.07, 6.45) is 0. The van der Waals surface area contributed by atoms with Crippen molar-refractivity contribution in [3.05, 3.63) is 35.8 Å². The molecule has 0 saturated heterocycles. The minimum atomic E-state index is -1.26. The molecule has 1 aromatic heterocycles. The first-order chi connectivity index (χ1) is 8.61. The first-order valence-corrected chi connectivity index (χ1v) is 5.24. The number of oxazole rings is 1. The van der Waals surface area contributed by atoms with Crippen molar-refractivity contribution in [1.29, 1.82) is 0 Å². The summed E-state index contributed by atoms with van der Waals surface area (Å²) in [5.41, 5.74) is 0.0274. The molecule has 0 atom stereocenters. The van der Waals surface area contributed by atoms with Crippen molar-refractivity contribution in [3.8, 4) is 17.4 Å². The van der Waals surface area contributed by atoms with Crippen molar-refractivity contribution in [1.82, 2.24) is 4.98 Å². The second-order valence-corrected chi connectivity index (χ2v) is 3.40. The lowest BCUT2D eigenvalue weighted by Gasteiger charge is -1.97. The summed E-state index contributed by atoms with van der Waals surface area (Å²) < 4.78 is 23.3. The zero-order valence-corrected chi connectivity index (χ0v) is 9.51. The Labute approximate surface area is 102 Å². The van der Waals surface area contributed by atoms with Gasteiger partial charge < -0.3 is 14.3 Å². The zero-order chi connectivity index (χ0) is 13.1. The van der Waals surface area contributed by atoms with Gasteiger partial charge in [0.1, 0.15) is 5.82 Å². The molecular weight excluding hydrogens is 241 g/mol. The number of carbonyl (C=O) groups is 1. The van der Waals surface area contributed by atoms with Gasteiger partial charge in [-0.2, -0.15) is 4.98 Å². The van der Waals surface area contributed by atoms with Gasteiger partial charge in [0.2, 0.25) is 11.6 Å². The highest BCUT2D eigenvalue weighted by Crippen LogP contribution is 2.27. The van der Waals surface area contributed by atoms with E-state index in [-0.39, 0.29) is 24.1 Å². The molecule has 0 aliphatic carbocycles. The second kappa shape index (κ2) is 4.87. The lowest BCUT2D eigenvalue weighted by atomic mass is 10.2. The lowest BCUT2D eigenvalue weighted by molar-refractivity contribution is 0.0683. The topological polar surface area (TPSA) is 72.6 Å². The maximum Gasteiger partial charge on any atom is 0.362 e. The molecule has 2 rings (SSSR count). The van der Waals surface area contributed by atoms with Gasteiger partial charge in [0.25, 0.3) is 0 Å². The number of benzene rings is 1. The van der Waals surface area contributed by atoms with Crippen molar-refractivity contribution < 1.29 is 23.4 Å². The van der Waals surface area contributed by atoms with Crippen LogP contribution in [0.15, 0.2) is 28.7 Å². The molecule has 1 heterocycles. The molecule has 0 radical (unpaired) electrons. The molecule has 0 unspecified atom stereocenters. The molecule has 18 heavy (non-hydrogen) atoms. The quantitative estimate of drug-likeness (QED) is 0.904. The van der Waals surface area contributed by atoms with Crippen LogP contribution in [0.3, 0.4) is 0 Å². The number of aromatic carboxylic acids is 1. The van der Waals surface area contributed by atoms with Crippen molar-refractivity contribution in [2.75, 3.05) is 6.61 Å². The van der Waals surface area contributed by atoms with E-state index in [1.54, 1.807) is 13.0 Å². The number of halogens is 1. The Morgan fingerprint density at radius 3 is 2.94 bits per heavy atom. The monoisotopic (exact) mass is 251 g/mol. The molecule has 0 bridgehead atoms. The normalized spacial score (nSPS) is 10.3. The van der Waals surface area contributed by atoms with E-state index in [1.165, 1.54) is 18.2 Å². The number of hydrogen-bond donors (Lipinski definition) is 1. The molecule has 0 aliphatic heterocycles. The van der Waals surface area contributed by atoms with Gasteiger partial charge in [-0.05, 0) is 25.1 Å². The van der Waals surface area contributed by atoms with E-state index in [0.717, 1.165) is 0 Å². The highest BCUT2D eigenvalue weighted by atomic mass is 19.1. The van der Waals surface area contributed by atoms with Crippen LogP contribution in [0, 0.1) is 5.82 Å². The van der Waals surface area contributed by atoms with E-state index in [2.05, 4.69) is 4.98 Å². The van der Waals surface area contributed by atoms with Crippen molar-refractivity contribution in [2.45, 2.75) is 6.92 Å². The molecule has 94 valence electrons. The van der Waals surface area contributed by atoms with Gasteiger partial charge in [0.15, 0.2) is 0 Å². The van der Waals surface area contributed by atoms with Crippen LogP contribution in [0.1, 0.15) is 17.4 Å². The minimum Gasteiger partial charge on any atom is -0.476 e. The molecule has 0 aliphatic rings. The molecule has 0 amide bonds. The van der Waals surface area contributed by atoms with Gasteiger partial charge in [-0.3, -0.25) is 0 Å². The zero-order valence-electron chi connectivity index (χ0n) is 9.51. The molecule has 2 aromatic rings. The smallest absolute Gasteiger partial charge is 0.362 e. The Morgan fingerprint density at radius 2 is 2.33 bits per heavy atom. The molecule has 0 saturated carbocycles. The first kappa shape index (κ1) is 12.1. The number of rotatable bonds is 4. The number of hydrogen-bond acceptors (Lipinski definition) is 4. The summed E-state index contributed by atoms with van der Waals surface area (Å²) in [6.45, 7) is 1.94. The van der Waals surface area contributed by atoms with E-state index >= 15 is 0 Å². The standard InChI is InChI=1S/C12H10FNO4/c1-2-17-12-9(11(15)16)14-10(18-12)7-4-3-5-8(13)6-7/h3-6H,2H2,1H3,(H,15,16). The minimum absolute atomic E-state index is 0.00958. The molecule has 0 fully saturated rings. The Bertz CT molecular complexity index is 579. The SMILES string of the molecule is CCOc1oc(-c2cccc(F)c2)nc1C(=O)O. The van der Waals surface area contributed by atoms with Gasteiger partial charge >= 0.3 is 11.9 Å². The summed E-state index contributed by atoms with van der Waals surface area (Å²) >= 11 is 0. The largest absolute Gasteiger partial charge is 0.476 e. The number of ether oxygens (including phenoxy) is 1. The van der Waals surface area contributed by atoms with Crippen LogP contribution < -0.4 is 4.74 Å². The van der Waals surface area contributed by atoms with E-state index in [4.69, 9.17) is 14.3 Å². The first-order valence-electron chi connectivity index (χ1n) is 5.24. The summed E-state index contributed by atoms with van der Waals surface area (Å²) in [7, 11) is 0.